The maximum atomic E-state index is 4.18. The highest BCUT2D eigenvalue weighted by atomic mass is 14.8. The summed E-state index contributed by atoms with van der Waals surface area (Å²) in [7, 11) is 0. The Morgan fingerprint density at radius 1 is 0.322 bits per heavy atom. The Labute approximate surface area is 357 Å². The molecule has 0 saturated heterocycles. The average molecular weight is 793 g/mol. The van der Waals surface area contributed by atoms with E-state index in [1.165, 1.54) is 16.2 Å². The Morgan fingerprint density at radius 3 is 1.10 bits per heavy atom. The molecular weight excluding hydrogens is 721 g/mol. The third-order valence-electron chi connectivity index (χ3n) is 5.85. The second-order valence-electron chi connectivity index (χ2n) is 19.3. The van der Waals surface area contributed by atoms with Crippen LogP contribution in [0.3, 0.4) is 0 Å². The fraction of sp³-hybridized carbons (Fsp3) is 0.358. The molecule has 0 unspecified atom stereocenters. The number of fused-ring (bicyclic) bond motifs is 4. The van der Waals surface area contributed by atoms with Crippen LogP contribution in [0.25, 0.3) is 43.6 Å². The summed E-state index contributed by atoms with van der Waals surface area (Å²) >= 11 is 0. The van der Waals surface area contributed by atoms with Crippen molar-refractivity contribution < 1.29 is 0 Å². The summed E-state index contributed by atoms with van der Waals surface area (Å²) in [5, 5.41) is 4.73. The summed E-state index contributed by atoms with van der Waals surface area (Å²) in [5.74, 6) is 0.833. The minimum absolute atomic E-state index is 0.500. The van der Waals surface area contributed by atoms with Gasteiger partial charge in [-0.3, -0.25) is 19.9 Å². The molecular formula is C53H72N6. The Kier molecular flexibility index (Phi) is 23.6. The summed E-state index contributed by atoms with van der Waals surface area (Å²) in [4.78, 5) is 24.4. The highest BCUT2D eigenvalue weighted by Gasteiger charge is 1.97. The minimum Gasteiger partial charge on any atom is -0.264 e. The predicted octanol–water partition coefficient (Wildman–Crippen LogP) is 15.5. The molecule has 4 heterocycles. The number of hydrogen-bond acceptors (Lipinski definition) is 6. The van der Waals surface area contributed by atoms with Crippen LogP contribution >= 0.6 is 0 Å². The van der Waals surface area contributed by atoms with E-state index in [4.69, 9.17) is 0 Å². The van der Waals surface area contributed by atoms with Crippen LogP contribution in [0.5, 0.6) is 0 Å². The van der Waals surface area contributed by atoms with Gasteiger partial charge in [-0.05, 0) is 69.3 Å². The van der Waals surface area contributed by atoms with Crippen molar-refractivity contribution in [2.45, 2.75) is 104 Å². The minimum atomic E-state index is 0.500. The molecule has 0 atom stereocenters. The van der Waals surface area contributed by atoms with E-state index in [1.807, 2.05) is 116 Å². The number of nitrogens with zero attached hydrogens (tertiary/aromatic N) is 6. The largest absolute Gasteiger partial charge is 0.264 e. The lowest BCUT2D eigenvalue weighted by Crippen LogP contribution is -1.93. The van der Waals surface area contributed by atoms with Crippen LogP contribution in [0.4, 0.5) is 0 Å². The molecule has 0 radical (unpaired) electrons. The van der Waals surface area contributed by atoms with Gasteiger partial charge in [0.2, 0.25) is 0 Å². The summed E-state index contributed by atoms with van der Waals surface area (Å²) in [5.41, 5.74) is 5.46. The Hall–Kier alpha value is -5.62. The van der Waals surface area contributed by atoms with Crippen LogP contribution in [-0.4, -0.2) is 29.9 Å². The molecule has 0 aliphatic heterocycles. The number of pyridine rings is 2. The van der Waals surface area contributed by atoms with E-state index in [9.17, 15) is 0 Å². The molecule has 8 rings (SSSR count). The lowest BCUT2D eigenvalue weighted by atomic mass is 10.0. The molecule has 4 aromatic heterocycles. The molecule has 0 fully saturated rings. The molecule has 0 bridgehead atoms. The summed E-state index contributed by atoms with van der Waals surface area (Å²) in [6.45, 7) is 32.8. The van der Waals surface area contributed by atoms with E-state index in [-0.39, 0.29) is 0 Å². The zero-order valence-electron chi connectivity index (χ0n) is 38.8. The van der Waals surface area contributed by atoms with Gasteiger partial charge in [0.15, 0.2) is 0 Å². The van der Waals surface area contributed by atoms with Crippen molar-refractivity contribution in [2.24, 2.45) is 22.2 Å². The van der Waals surface area contributed by atoms with E-state index in [0.717, 1.165) is 33.4 Å². The van der Waals surface area contributed by atoms with Gasteiger partial charge in [-0.25, -0.2) is 9.97 Å². The summed E-state index contributed by atoms with van der Waals surface area (Å²) in [6, 6.07) is 38.0. The number of para-hydroxylation sites is 4. The van der Waals surface area contributed by atoms with Gasteiger partial charge in [-0.1, -0.05) is 183 Å². The molecule has 0 amide bonds. The fourth-order valence-corrected chi connectivity index (χ4v) is 3.88. The second kappa shape index (κ2) is 27.1. The van der Waals surface area contributed by atoms with Gasteiger partial charge in [-0.15, -0.1) is 0 Å². The zero-order chi connectivity index (χ0) is 44.3. The smallest absolute Gasteiger partial charge is 0.116 e. The van der Waals surface area contributed by atoms with Crippen LogP contribution in [0, 0.1) is 22.2 Å². The summed E-state index contributed by atoms with van der Waals surface area (Å²) in [6.07, 6.45) is 12.2. The van der Waals surface area contributed by atoms with Gasteiger partial charge < -0.3 is 0 Å². The maximum Gasteiger partial charge on any atom is 0.116 e. The first-order chi connectivity index (χ1) is 27.6. The first kappa shape index (κ1) is 51.4. The molecule has 0 saturated carbocycles. The maximum absolute atomic E-state index is 4.18. The number of benzene rings is 4. The van der Waals surface area contributed by atoms with Crippen LogP contribution in [0.15, 0.2) is 159 Å². The van der Waals surface area contributed by atoms with Gasteiger partial charge in [0.1, 0.15) is 6.33 Å². The molecule has 59 heavy (non-hydrogen) atoms. The normalized spacial score (nSPS) is 10.4. The number of hydrogen-bond donors (Lipinski definition) is 0. The Bertz CT molecular complexity index is 1680. The van der Waals surface area contributed by atoms with Crippen molar-refractivity contribution in [3.05, 3.63) is 159 Å². The summed E-state index contributed by atoms with van der Waals surface area (Å²) < 4.78 is 0. The van der Waals surface area contributed by atoms with E-state index in [2.05, 4.69) is 158 Å². The van der Waals surface area contributed by atoms with Crippen LogP contribution in [0.1, 0.15) is 104 Å². The SMILES string of the molecule is CC(C)(C)C.CC(C)(C)C.CC(C)(C)C.CC(C)C.c1ccc2cnccc2c1.c1ccc2ncccc2c1.c1ccc2nccnc2c1.c1ccc2ncncc2c1. The standard InChI is InChI=1S/2C9H7N.2C8H6N2.3C5H12.C4H10/c1-2-6-9-8(4-1)5-3-7-10-9;1-2-4-9-7-10-6-5-8(9)3-1;1-2-4-8-7(3-1)5-9-6-10-8;1-2-4-8-7(3-1)9-5-6-10-8;3*1-5(2,3)4;1-4(2)3/h2*1-7H;2*1-6H;3*1-4H3;4H,1-3H3. The van der Waals surface area contributed by atoms with E-state index in [1.54, 1.807) is 18.7 Å². The molecule has 0 N–H and O–H groups in total. The number of aromatic nitrogens is 6. The van der Waals surface area contributed by atoms with Crippen LogP contribution < -0.4 is 0 Å². The number of rotatable bonds is 0. The van der Waals surface area contributed by atoms with Crippen molar-refractivity contribution in [3.63, 3.8) is 0 Å². The van der Waals surface area contributed by atoms with Crippen molar-refractivity contribution in [3.8, 4) is 0 Å². The molecule has 314 valence electrons. The van der Waals surface area contributed by atoms with Crippen LogP contribution in [0.2, 0.25) is 0 Å². The average Bonchev–Trinajstić information content (AvgIpc) is 3.17. The molecule has 4 aromatic carbocycles. The third-order valence-corrected chi connectivity index (χ3v) is 5.85. The first-order valence-electron chi connectivity index (χ1n) is 20.5. The topological polar surface area (TPSA) is 77.3 Å². The van der Waals surface area contributed by atoms with Gasteiger partial charge in [-0.2, -0.15) is 0 Å². The van der Waals surface area contributed by atoms with Gasteiger partial charge in [0.25, 0.3) is 0 Å². The zero-order valence-corrected chi connectivity index (χ0v) is 38.8. The van der Waals surface area contributed by atoms with E-state index >= 15 is 0 Å². The third kappa shape index (κ3) is 30.2. The first-order valence-corrected chi connectivity index (χ1v) is 20.5. The van der Waals surface area contributed by atoms with Crippen molar-refractivity contribution in [1.82, 2.24) is 29.9 Å². The lowest BCUT2D eigenvalue weighted by molar-refractivity contribution is 0.469. The predicted molar refractivity (Wildman–Crippen MR) is 258 cm³/mol. The highest BCUT2D eigenvalue weighted by molar-refractivity contribution is 5.81. The lowest BCUT2D eigenvalue weighted by Gasteiger charge is -2.05. The van der Waals surface area contributed by atoms with Gasteiger partial charge >= 0.3 is 0 Å². The molecule has 6 nitrogen and oxygen atoms in total. The molecule has 0 spiro atoms. The molecule has 8 aromatic rings. The Morgan fingerprint density at radius 2 is 0.661 bits per heavy atom. The molecule has 0 aliphatic rings. The monoisotopic (exact) mass is 793 g/mol. The second-order valence-corrected chi connectivity index (χ2v) is 19.3. The fourth-order valence-electron chi connectivity index (χ4n) is 3.88. The van der Waals surface area contributed by atoms with Gasteiger partial charge in [0, 0.05) is 48.0 Å². The van der Waals surface area contributed by atoms with Crippen molar-refractivity contribution >= 4 is 43.6 Å². The Balaban J connectivity index is 0.000000347. The molecule has 0 aliphatic carbocycles. The van der Waals surface area contributed by atoms with Crippen molar-refractivity contribution in [2.75, 3.05) is 0 Å². The van der Waals surface area contributed by atoms with E-state index in [0.29, 0.717) is 16.2 Å². The van der Waals surface area contributed by atoms with Crippen molar-refractivity contribution in [1.29, 1.82) is 0 Å². The quantitative estimate of drug-likeness (QED) is 0.152. The molecule has 6 heteroatoms. The van der Waals surface area contributed by atoms with E-state index < -0.39 is 0 Å². The van der Waals surface area contributed by atoms with Gasteiger partial charge in [0.05, 0.1) is 22.1 Å². The van der Waals surface area contributed by atoms with Crippen LogP contribution in [-0.2, 0) is 0 Å². The highest BCUT2D eigenvalue weighted by Crippen LogP contribution is 2.11.